The number of hydrogen-bond donors (Lipinski definition) is 1. The van der Waals surface area contributed by atoms with Gasteiger partial charge in [0.1, 0.15) is 0 Å². The average Bonchev–Trinajstić information content (AvgIpc) is 2.68. The number of benzene rings is 4. The molecule has 0 spiro atoms. The third-order valence-corrected chi connectivity index (χ3v) is 5.90. The molecule has 0 unspecified atom stereocenters. The first-order chi connectivity index (χ1) is 12.4. The molecule has 1 atom stereocenters. The molecule has 0 amide bonds. The van der Waals surface area contributed by atoms with Crippen molar-refractivity contribution in [3.63, 3.8) is 0 Å². The molecule has 0 aromatic heterocycles. The molecule has 4 heteroatoms. The number of rotatable bonds is 3. The number of nitrogens with zero attached hydrogens (tertiary/aromatic N) is 1. The quantitative estimate of drug-likeness (QED) is 0.438. The van der Waals surface area contributed by atoms with Gasteiger partial charge in [-0.05, 0) is 44.3 Å². The van der Waals surface area contributed by atoms with Crippen LogP contribution in [0.5, 0.6) is 0 Å². The predicted octanol–water partition coefficient (Wildman–Crippen LogP) is 5.78. The van der Waals surface area contributed by atoms with Gasteiger partial charge < -0.3 is 5.32 Å². The van der Waals surface area contributed by atoms with Crippen LogP contribution in [0.4, 0.5) is 0 Å². The maximum Gasteiger partial charge on any atom is 0.0352 e. The Morgan fingerprint density at radius 3 is 2.07 bits per heavy atom. The molecule has 142 valence electrons. The zero-order valence-corrected chi connectivity index (χ0v) is 17.2. The van der Waals surface area contributed by atoms with Gasteiger partial charge in [0.2, 0.25) is 0 Å². The molecule has 27 heavy (non-hydrogen) atoms. The number of hydrogen-bond acceptors (Lipinski definition) is 2. The molecule has 0 bridgehead atoms. The summed E-state index contributed by atoms with van der Waals surface area (Å²) in [5.74, 6) is 0. The Hall–Kier alpha value is -1.58. The molecule has 1 N–H and O–H groups in total. The van der Waals surface area contributed by atoms with Crippen molar-refractivity contribution in [3.05, 3.63) is 60.2 Å². The summed E-state index contributed by atoms with van der Waals surface area (Å²) in [6, 6.07) is 21.0. The molecule has 0 saturated carbocycles. The largest absolute Gasteiger partial charge is 0.314 e. The van der Waals surface area contributed by atoms with Crippen molar-refractivity contribution in [1.29, 1.82) is 0 Å². The predicted molar refractivity (Wildman–Crippen MR) is 122 cm³/mol. The van der Waals surface area contributed by atoms with Gasteiger partial charge in [-0.25, -0.2) is 0 Å². The van der Waals surface area contributed by atoms with Crippen LogP contribution in [-0.2, 0) is 0 Å². The van der Waals surface area contributed by atoms with Crippen molar-refractivity contribution < 1.29 is 0 Å². The summed E-state index contributed by atoms with van der Waals surface area (Å²) in [5.41, 5.74) is 1.50. The lowest BCUT2D eigenvalue weighted by Gasteiger charge is -2.35. The van der Waals surface area contributed by atoms with Crippen LogP contribution in [0, 0.1) is 0 Å². The highest BCUT2D eigenvalue weighted by Gasteiger charge is 2.23. The Morgan fingerprint density at radius 1 is 0.815 bits per heavy atom. The summed E-state index contributed by atoms with van der Waals surface area (Å²) >= 11 is 0. The second-order valence-corrected chi connectivity index (χ2v) is 7.22. The molecule has 4 aromatic rings. The van der Waals surface area contributed by atoms with Gasteiger partial charge in [-0.1, -0.05) is 61.5 Å². The minimum atomic E-state index is 0. The van der Waals surface area contributed by atoms with E-state index < -0.39 is 0 Å². The van der Waals surface area contributed by atoms with Gasteiger partial charge in [-0.3, -0.25) is 4.90 Å². The third-order valence-electron chi connectivity index (χ3n) is 5.90. The normalized spacial score (nSPS) is 16.3. The first kappa shape index (κ1) is 20.2. The van der Waals surface area contributed by atoms with Crippen molar-refractivity contribution in [2.45, 2.75) is 19.4 Å². The van der Waals surface area contributed by atoms with E-state index in [0.29, 0.717) is 6.04 Å². The topological polar surface area (TPSA) is 15.3 Å². The molecule has 1 aliphatic rings. The van der Waals surface area contributed by atoms with Crippen molar-refractivity contribution in [2.75, 3.05) is 26.2 Å². The first-order valence-electron chi connectivity index (χ1n) is 9.48. The van der Waals surface area contributed by atoms with Crippen LogP contribution in [0.3, 0.4) is 0 Å². The van der Waals surface area contributed by atoms with E-state index in [1.807, 2.05) is 0 Å². The van der Waals surface area contributed by atoms with E-state index in [1.165, 1.54) is 37.9 Å². The Labute approximate surface area is 173 Å². The van der Waals surface area contributed by atoms with Crippen LogP contribution in [0.2, 0.25) is 0 Å². The molecule has 0 aliphatic carbocycles. The van der Waals surface area contributed by atoms with Crippen LogP contribution < -0.4 is 5.32 Å². The van der Waals surface area contributed by atoms with Gasteiger partial charge in [-0.2, -0.15) is 0 Å². The first-order valence-corrected chi connectivity index (χ1v) is 9.48. The Bertz CT molecular complexity index is 1020. The molecular formula is C23H26Cl2N2. The van der Waals surface area contributed by atoms with E-state index in [0.717, 1.165) is 32.6 Å². The van der Waals surface area contributed by atoms with Gasteiger partial charge >= 0.3 is 0 Å². The zero-order valence-electron chi connectivity index (χ0n) is 15.6. The molecule has 1 heterocycles. The summed E-state index contributed by atoms with van der Waals surface area (Å²) in [6.07, 6.45) is 1.16. The lowest BCUT2D eigenvalue weighted by atomic mass is 9.89. The summed E-state index contributed by atoms with van der Waals surface area (Å²) in [4.78, 5) is 2.66. The molecule has 4 aromatic carbocycles. The monoisotopic (exact) mass is 400 g/mol. The average molecular weight is 401 g/mol. The van der Waals surface area contributed by atoms with Crippen LogP contribution in [0.1, 0.15) is 24.9 Å². The van der Waals surface area contributed by atoms with Gasteiger partial charge in [0.25, 0.3) is 0 Å². The Balaban J connectivity index is 0.00000105. The number of piperazine rings is 1. The summed E-state index contributed by atoms with van der Waals surface area (Å²) in [6.45, 7) is 6.80. The maximum atomic E-state index is 3.48. The number of halogens is 2. The second kappa shape index (κ2) is 8.20. The van der Waals surface area contributed by atoms with Crippen LogP contribution in [-0.4, -0.2) is 31.1 Å². The fourth-order valence-electron chi connectivity index (χ4n) is 4.72. The lowest BCUT2D eigenvalue weighted by Crippen LogP contribution is -2.45. The van der Waals surface area contributed by atoms with E-state index in [9.17, 15) is 0 Å². The Morgan fingerprint density at radius 2 is 1.41 bits per heavy atom. The SMILES string of the molecule is CC[C@@H](c1ccc2ccc3cccc4ccc1c2c34)N1CCNCC1.Cl.Cl. The van der Waals surface area contributed by atoms with E-state index >= 15 is 0 Å². The highest BCUT2D eigenvalue weighted by atomic mass is 35.5. The standard InChI is InChI=1S/C23H24N2.2ClH/c1-2-21(25-14-12-24-13-15-25)19-10-8-18-7-6-16-4-3-5-17-9-11-20(19)23(18)22(16)17;;/h3-11,21,24H,2,12-15H2,1H3;2*1H/t21-;;/m0../s1. The summed E-state index contributed by atoms with van der Waals surface area (Å²) in [5, 5.41) is 11.8. The minimum Gasteiger partial charge on any atom is -0.314 e. The second-order valence-electron chi connectivity index (χ2n) is 7.22. The van der Waals surface area contributed by atoms with Crippen LogP contribution >= 0.6 is 24.8 Å². The van der Waals surface area contributed by atoms with E-state index in [-0.39, 0.29) is 24.8 Å². The molecular weight excluding hydrogens is 375 g/mol. The molecule has 1 fully saturated rings. The summed E-state index contributed by atoms with van der Waals surface area (Å²) < 4.78 is 0. The molecule has 2 nitrogen and oxygen atoms in total. The van der Waals surface area contributed by atoms with E-state index in [2.05, 4.69) is 71.7 Å². The van der Waals surface area contributed by atoms with Crippen LogP contribution in [0.25, 0.3) is 32.3 Å². The van der Waals surface area contributed by atoms with Gasteiger partial charge in [0, 0.05) is 32.2 Å². The highest BCUT2D eigenvalue weighted by molar-refractivity contribution is 6.23. The highest BCUT2D eigenvalue weighted by Crippen LogP contribution is 2.39. The molecule has 1 saturated heterocycles. The van der Waals surface area contributed by atoms with Gasteiger partial charge in [0.15, 0.2) is 0 Å². The van der Waals surface area contributed by atoms with Gasteiger partial charge in [0.05, 0.1) is 0 Å². The molecule has 1 aliphatic heterocycles. The van der Waals surface area contributed by atoms with Crippen molar-refractivity contribution in [3.8, 4) is 0 Å². The number of nitrogens with one attached hydrogen (secondary N) is 1. The van der Waals surface area contributed by atoms with Crippen molar-refractivity contribution in [1.82, 2.24) is 10.2 Å². The molecule has 0 radical (unpaired) electrons. The van der Waals surface area contributed by atoms with Crippen molar-refractivity contribution >= 4 is 57.1 Å². The summed E-state index contributed by atoms with van der Waals surface area (Å²) in [7, 11) is 0. The smallest absolute Gasteiger partial charge is 0.0352 e. The van der Waals surface area contributed by atoms with E-state index in [1.54, 1.807) is 0 Å². The van der Waals surface area contributed by atoms with Crippen molar-refractivity contribution in [2.24, 2.45) is 0 Å². The van der Waals surface area contributed by atoms with Gasteiger partial charge in [-0.15, -0.1) is 24.8 Å². The zero-order chi connectivity index (χ0) is 16.8. The lowest BCUT2D eigenvalue weighted by molar-refractivity contribution is 0.170. The third kappa shape index (κ3) is 3.25. The maximum absolute atomic E-state index is 3.48. The van der Waals surface area contributed by atoms with Crippen LogP contribution in [0.15, 0.2) is 54.6 Å². The molecule has 5 rings (SSSR count). The Kier molecular flexibility index (Phi) is 6.12. The fourth-order valence-corrected chi connectivity index (χ4v) is 4.72. The fraction of sp³-hybridized carbons (Fsp3) is 0.304. The minimum absolute atomic E-state index is 0. The van der Waals surface area contributed by atoms with E-state index in [4.69, 9.17) is 0 Å².